The summed E-state index contributed by atoms with van der Waals surface area (Å²) >= 11 is 0. The Labute approximate surface area is 99.5 Å². The van der Waals surface area contributed by atoms with E-state index in [0.717, 1.165) is 19.9 Å². The Hall–Kier alpha value is -1.23. The summed E-state index contributed by atoms with van der Waals surface area (Å²) in [4.78, 5) is 0. The van der Waals surface area contributed by atoms with Crippen molar-refractivity contribution in [3.05, 3.63) is 60.7 Å². The van der Waals surface area contributed by atoms with Gasteiger partial charge in [-0.05, 0) is 33.7 Å². The largest absolute Gasteiger partial charge is 0.278 e. The van der Waals surface area contributed by atoms with Crippen molar-refractivity contribution < 1.29 is 0 Å². The highest BCUT2D eigenvalue weighted by Crippen LogP contribution is 2.32. The molecule has 0 aliphatic heterocycles. The van der Waals surface area contributed by atoms with Crippen molar-refractivity contribution in [2.45, 2.75) is 0 Å². The van der Waals surface area contributed by atoms with Gasteiger partial charge in [-0.15, -0.1) is 0 Å². The zero-order valence-corrected chi connectivity index (χ0v) is 10.7. The average molecular weight is 246 g/mol. The smallest absolute Gasteiger partial charge is 0.135 e. The highest BCUT2D eigenvalue weighted by Gasteiger charge is 2.05. The predicted molar refractivity (Wildman–Crippen MR) is 74.1 cm³/mol. The van der Waals surface area contributed by atoms with Crippen LogP contribution in [0.2, 0.25) is 0 Å². The van der Waals surface area contributed by atoms with Crippen molar-refractivity contribution in [3.63, 3.8) is 0 Å². The predicted octanol–water partition coefficient (Wildman–Crippen LogP) is 4.66. The van der Waals surface area contributed by atoms with Crippen LogP contribution in [0.1, 0.15) is 0 Å². The van der Waals surface area contributed by atoms with E-state index >= 15 is 0 Å². The van der Waals surface area contributed by atoms with Crippen LogP contribution in [0.4, 0.5) is 11.4 Å². The van der Waals surface area contributed by atoms with Gasteiger partial charge in [0.25, 0.3) is 0 Å². The molecular weight excluding hydrogens is 234 g/mol. The summed E-state index contributed by atoms with van der Waals surface area (Å²) in [6.45, 7) is 0. The fourth-order valence-corrected chi connectivity index (χ4v) is 2.33. The van der Waals surface area contributed by atoms with Gasteiger partial charge in [0.2, 0.25) is 0 Å². The van der Waals surface area contributed by atoms with E-state index in [-0.39, 0.29) is 0 Å². The van der Waals surface area contributed by atoms with Crippen molar-refractivity contribution in [2.75, 3.05) is 4.67 Å². The van der Waals surface area contributed by atoms with Crippen LogP contribution in [0.3, 0.4) is 0 Å². The molecule has 0 aliphatic rings. The third-order valence-corrected chi connectivity index (χ3v) is 3.20. The molecule has 1 atom stereocenters. The van der Waals surface area contributed by atoms with Gasteiger partial charge in [-0.25, -0.2) is 4.52 Å². The van der Waals surface area contributed by atoms with Crippen LogP contribution >= 0.6 is 17.9 Å². The van der Waals surface area contributed by atoms with Crippen LogP contribution in [0.5, 0.6) is 0 Å². The lowest BCUT2D eigenvalue weighted by Crippen LogP contribution is -2.01. The molecule has 16 heavy (non-hydrogen) atoms. The van der Waals surface area contributed by atoms with E-state index in [2.05, 4.69) is 42.8 Å². The molecule has 0 saturated carbocycles. The highest BCUT2D eigenvalue weighted by atomic mass is 31.1. The van der Waals surface area contributed by atoms with Crippen LogP contribution in [0.15, 0.2) is 65.2 Å². The third-order valence-electron chi connectivity index (χ3n) is 2.14. The molecule has 2 rings (SSSR count). The number of benzene rings is 2. The zero-order chi connectivity index (χ0) is 11.2. The van der Waals surface area contributed by atoms with E-state index in [1.165, 1.54) is 0 Å². The highest BCUT2D eigenvalue weighted by molar-refractivity contribution is 7.37. The molecule has 0 saturated heterocycles. The SMILES string of the molecule is PN=PN(c1ccccc1)c1ccccc1. The fourth-order valence-electron chi connectivity index (χ4n) is 1.44. The lowest BCUT2D eigenvalue weighted by molar-refractivity contribution is 1.43. The number of hydrogen-bond acceptors (Lipinski definition) is 1. The molecule has 0 fully saturated rings. The first kappa shape index (κ1) is 11.3. The van der Waals surface area contributed by atoms with Gasteiger partial charge in [0.05, 0.1) is 11.4 Å². The van der Waals surface area contributed by atoms with Crippen LogP contribution < -0.4 is 4.67 Å². The topological polar surface area (TPSA) is 15.6 Å². The average Bonchev–Trinajstić information content (AvgIpc) is 2.38. The summed E-state index contributed by atoms with van der Waals surface area (Å²) < 4.78 is 6.24. The first-order valence-corrected chi connectivity index (χ1v) is 6.24. The zero-order valence-electron chi connectivity index (χ0n) is 8.69. The van der Waals surface area contributed by atoms with Crippen molar-refractivity contribution in [1.29, 1.82) is 0 Å². The van der Waals surface area contributed by atoms with Gasteiger partial charge in [0.15, 0.2) is 0 Å². The first-order valence-electron chi connectivity index (χ1n) is 4.93. The maximum absolute atomic E-state index is 4.10. The molecule has 0 aromatic heterocycles. The lowest BCUT2D eigenvalue weighted by atomic mass is 10.3. The number of rotatable bonds is 3. The minimum absolute atomic E-state index is 0.893. The summed E-state index contributed by atoms with van der Waals surface area (Å²) in [5, 5.41) is 0. The summed E-state index contributed by atoms with van der Waals surface area (Å²) in [6, 6.07) is 20.5. The Bertz CT molecular complexity index is 417. The van der Waals surface area contributed by atoms with E-state index in [0.29, 0.717) is 0 Å². The van der Waals surface area contributed by atoms with Gasteiger partial charge in [-0.1, -0.05) is 36.4 Å². The van der Waals surface area contributed by atoms with Gasteiger partial charge in [-0.2, -0.15) is 0 Å². The van der Waals surface area contributed by atoms with Crippen molar-refractivity contribution in [2.24, 2.45) is 4.52 Å². The number of anilines is 2. The quantitative estimate of drug-likeness (QED) is 0.719. The van der Waals surface area contributed by atoms with Crippen LogP contribution in [-0.2, 0) is 0 Å². The number of para-hydroxylation sites is 2. The second-order valence-corrected chi connectivity index (χ2v) is 4.69. The second-order valence-electron chi connectivity index (χ2n) is 3.19. The summed E-state index contributed by atoms with van der Waals surface area (Å²) in [6.07, 6.45) is 0. The molecule has 0 radical (unpaired) electrons. The standard InChI is InChI=1S/C12H12N2P2/c15-13-16-14(11-7-3-1-4-8-11)12-9-5-2-6-10-12/h1-10H,15H2. The molecule has 80 valence electrons. The maximum atomic E-state index is 4.10. The lowest BCUT2D eigenvalue weighted by Gasteiger charge is -2.17. The minimum Gasteiger partial charge on any atom is -0.278 e. The molecule has 0 N–H and O–H groups in total. The van der Waals surface area contributed by atoms with E-state index in [9.17, 15) is 0 Å². The molecule has 0 amide bonds. The number of hydrogen-bond donors (Lipinski definition) is 0. The van der Waals surface area contributed by atoms with Crippen molar-refractivity contribution >= 4 is 29.3 Å². The molecule has 0 bridgehead atoms. The van der Waals surface area contributed by atoms with Crippen molar-refractivity contribution in [3.8, 4) is 0 Å². The Balaban J connectivity index is 2.39. The monoisotopic (exact) mass is 246 g/mol. The Morgan fingerprint density at radius 3 is 1.62 bits per heavy atom. The Morgan fingerprint density at radius 2 is 1.25 bits per heavy atom. The van der Waals surface area contributed by atoms with E-state index in [4.69, 9.17) is 0 Å². The molecule has 2 aromatic carbocycles. The Morgan fingerprint density at radius 1 is 0.812 bits per heavy atom. The summed E-state index contributed by atoms with van der Waals surface area (Å²) in [5.41, 5.74) is 2.28. The van der Waals surface area contributed by atoms with Gasteiger partial charge < -0.3 is 0 Å². The number of nitrogens with zero attached hydrogens (tertiary/aromatic N) is 2. The van der Waals surface area contributed by atoms with E-state index in [1.807, 2.05) is 36.4 Å². The molecule has 4 heteroatoms. The summed E-state index contributed by atoms with van der Waals surface area (Å²) in [5.74, 6) is 0. The molecule has 2 nitrogen and oxygen atoms in total. The molecule has 1 unspecified atom stereocenters. The molecule has 0 heterocycles. The molecule has 0 spiro atoms. The van der Waals surface area contributed by atoms with Crippen LogP contribution in [-0.4, -0.2) is 0 Å². The van der Waals surface area contributed by atoms with Gasteiger partial charge in [0, 0.05) is 0 Å². The minimum atomic E-state index is 0.893. The van der Waals surface area contributed by atoms with Gasteiger partial charge in [-0.3, -0.25) is 4.67 Å². The summed E-state index contributed by atoms with van der Waals surface area (Å²) in [7, 11) is 3.29. The molecular formula is C12H12N2P2. The normalized spacial score (nSPS) is 10.6. The van der Waals surface area contributed by atoms with Crippen LogP contribution in [0.25, 0.3) is 0 Å². The van der Waals surface area contributed by atoms with Crippen LogP contribution in [0, 0.1) is 0 Å². The maximum Gasteiger partial charge on any atom is 0.135 e. The van der Waals surface area contributed by atoms with Crippen molar-refractivity contribution in [1.82, 2.24) is 0 Å². The second kappa shape index (κ2) is 5.75. The fraction of sp³-hybridized carbons (Fsp3) is 0. The first-order chi connectivity index (χ1) is 7.92. The Kier molecular flexibility index (Phi) is 4.04. The molecule has 0 aliphatic carbocycles. The third kappa shape index (κ3) is 2.66. The van der Waals surface area contributed by atoms with E-state index < -0.39 is 0 Å². The van der Waals surface area contributed by atoms with Gasteiger partial charge in [0.1, 0.15) is 8.52 Å². The molecule has 2 aromatic rings. The van der Waals surface area contributed by atoms with Gasteiger partial charge >= 0.3 is 0 Å². The van der Waals surface area contributed by atoms with E-state index in [1.54, 1.807) is 0 Å².